The lowest BCUT2D eigenvalue weighted by molar-refractivity contribution is 0.879. The highest BCUT2D eigenvalue weighted by Gasteiger charge is 1.89. The lowest BCUT2D eigenvalue weighted by atomic mass is 10.4. The standard InChI is InChI=1S/C6H10N4/c7-5-2-1-3-9-6(8)4-10-5/h1-2,4,9H,3,8H2,(H2,7,10). The molecule has 0 spiro atoms. The molecule has 4 heteroatoms. The van der Waals surface area contributed by atoms with Crippen molar-refractivity contribution in [3.8, 4) is 0 Å². The van der Waals surface area contributed by atoms with Crippen LogP contribution in [0, 0.1) is 0 Å². The maximum Gasteiger partial charge on any atom is 0.123 e. The summed E-state index contributed by atoms with van der Waals surface area (Å²) >= 11 is 0. The first-order valence-corrected chi connectivity index (χ1v) is 2.98. The predicted molar refractivity (Wildman–Crippen MR) is 41.0 cm³/mol. The third-order valence-corrected chi connectivity index (χ3v) is 1.07. The SMILES string of the molecule is NC1=CN=C(N)C=CCN1. The highest BCUT2D eigenvalue weighted by Crippen LogP contribution is 1.85. The van der Waals surface area contributed by atoms with Gasteiger partial charge in [0.25, 0.3) is 0 Å². The largest absolute Gasteiger partial charge is 0.384 e. The van der Waals surface area contributed by atoms with E-state index in [0.717, 1.165) is 0 Å². The smallest absolute Gasteiger partial charge is 0.123 e. The molecule has 0 radical (unpaired) electrons. The Morgan fingerprint density at radius 1 is 1.50 bits per heavy atom. The molecule has 5 N–H and O–H groups in total. The summed E-state index contributed by atoms with van der Waals surface area (Å²) in [6, 6.07) is 0. The minimum atomic E-state index is 0.476. The number of rotatable bonds is 0. The highest BCUT2D eigenvalue weighted by atomic mass is 15.0. The van der Waals surface area contributed by atoms with Gasteiger partial charge in [0.1, 0.15) is 11.7 Å². The average molecular weight is 138 g/mol. The number of hydrogen-bond acceptors (Lipinski definition) is 4. The maximum absolute atomic E-state index is 5.42. The Labute approximate surface area is 59.3 Å². The van der Waals surface area contributed by atoms with Crippen molar-refractivity contribution >= 4 is 5.84 Å². The summed E-state index contributed by atoms with van der Waals surface area (Å²) in [4.78, 5) is 3.82. The molecule has 0 amide bonds. The van der Waals surface area contributed by atoms with Gasteiger partial charge in [-0.3, -0.25) is 0 Å². The van der Waals surface area contributed by atoms with Crippen LogP contribution in [0.2, 0.25) is 0 Å². The number of nitrogens with one attached hydrogen (secondary N) is 1. The zero-order valence-corrected chi connectivity index (χ0v) is 5.54. The van der Waals surface area contributed by atoms with Crippen LogP contribution >= 0.6 is 0 Å². The van der Waals surface area contributed by atoms with Gasteiger partial charge < -0.3 is 16.8 Å². The molecule has 4 nitrogen and oxygen atoms in total. The van der Waals surface area contributed by atoms with Gasteiger partial charge >= 0.3 is 0 Å². The molecule has 0 unspecified atom stereocenters. The van der Waals surface area contributed by atoms with Gasteiger partial charge in [-0.2, -0.15) is 0 Å². The van der Waals surface area contributed by atoms with E-state index in [1.807, 2.05) is 6.08 Å². The molecular formula is C6H10N4. The summed E-state index contributed by atoms with van der Waals surface area (Å²) in [6.45, 7) is 0.693. The van der Waals surface area contributed by atoms with Gasteiger partial charge in [-0.05, 0) is 6.08 Å². The van der Waals surface area contributed by atoms with Gasteiger partial charge in [0.2, 0.25) is 0 Å². The van der Waals surface area contributed by atoms with Crippen LogP contribution in [0.4, 0.5) is 0 Å². The molecule has 0 atom stereocenters. The lowest BCUT2D eigenvalue weighted by Crippen LogP contribution is -2.22. The van der Waals surface area contributed by atoms with Gasteiger partial charge in [0, 0.05) is 6.54 Å². The quantitative estimate of drug-likeness (QED) is 0.412. The van der Waals surface area contributed by atoms with E-state index in [4.69, 9.17) is 11.5 Å². The van der Waals surface area contributed by atoms with Crippen molar-refractivity contribution in [2.45, 2.75) is 0 Å². The number of aliphatic imine (C=N–C) groups is 1. The van der Waals surface area contributed by atoms with Gasteiger partial charge in [-0.25, -0.2) is 4.99 Å². The van der Waals surface area contributed by atoms with Crippen LogP contribution in [0.15, 0.2) is 29.2 Å². The van der Waals surface area contributed by atoms with Crippen molar-refractivity contribution in [2.24, 2.45) is 16.5 Å². The summed E-state index contributed by atoms with van der Waals surface area (Å²) in [5, 5.41) is 2.89. The van der Waals surface area contributed by atoms with Crippen LogP contribution in [-0.4, -0.2) is 12.4 Å². The Morgan fingerprint density at radius 3 is 3.10 bits per heavy atom. The van der Waals surface area contributed by atoms with Gasteiger partial charge in [0.05, 0.1) is 6.20 Å². The van der Waals surface area contributed by atoms with Crippen LogP contribution in [0.1, 0.15) is 0 Å². The number of hydrogen-bond donors (Lipinski definition) is 3. The summed E-state index contributed by atoms with van der Waals surface area (Å²) in [6.07, 6.45) is 5.09. The topological polar surface area (TPSA) is 76.4 Å². The average Bonchev–Trinajstić information content (AvgIpc) is 1.90. The molecule has 0 saturated carbocycles. The first-order chi connectivity index (χ1) is 4.79. The third-order valence-electron chi connectivity index (χ3n) is 1.07. The number of nitrogens with two attached hydrogens (primary N) is 2. The zero-order chi connectivity index (χ0) is 7.40. The van der Waals surface area contributed by atoms with E-state index >= 15 is 0 Å². The summed E-state index contributed by atoms with van der Waals surface area (Å²) in [7, 11) is 0. The molecule has 1 heterocycles. The number of nitrogens with zero attached hydrogens (tertiary/aromatic N) is 1. The molecule has 1 aliphatic heterocycles. The first-order valence-electron chi connectivity index (χ1n) is 2.98. The molecule has 1 aliphatic rings. The van der Waals surface area contributed by atoms with Crippen molar-refractivity contribution in [1.82, 2.24) is 5.32 Å². The molecule has 0 aromatic heterocycles. The van der Waals surface area contributed by atoms with Crippen LogP contribution in [0.5, 0.6) is 0 Å². The Balaban J connectivity index is 2.75. The van der Waals surface area contributed by atoms with Crippen LogP contribution in [0.25, 0.3) is 0 Å². The Hall–Kier alpha value is -1.45. The molecule has 0 fully saturated rings. The normalized spacial score (nSPS) is 18.0. The Kier molecular flexibility index (Phi) is 1.94. The predicted octanol–water partition coefficient (Wildman–Crippen LogP) is -0.739. The van der Waals surface area contributed by atoms with Crippen molar-refractivity contribution in [2.75, 3.05) is 6.54 Å². The van der Waals surface area contributed by atoms with E-state index in [0.29, 0.717) is 18.2 Å². The fourth-order valence-electron chi connectivity index (χ4n) is 0.589. The lowest BCUT2D eigenvalue weighted by Gasteiger charge is -2.03. The molecule has 1 rings (SSSR count). The fraction of sp³-hybridized carbons (Fsp3) is 0.167. The summed E-state index contributed by atoms with van der Waals surface area (Å²) in [5.41, 5.74) is 10.8. The second kappa shape index (κ2) is 2.91. The van der Waals surface area contributed by atoms with E-state index in [2.05, 4.69) is 10.3 Å². The molecule has 54 valence electrons. The van der Waals surface area contributed by atoms with Crippen molar-refractivity contribution < 1.29 is 0 Å². The van der Waals surface area contributed by atoms with Crippen LogP contribution in [0.3, 0.4) is 0 Å². The Bertz CT molecular complexity index is 202. The van der Waals surface area contributed by atoms with Gasteiger partial charge in [0.15, 0.2) is 0 Å². The van der Waals surface area contributed by atoms with Crippen molar-refractivity contribution in [3.05, 3.63) is 24.2 Å². The van der Waals surface area contributed by atoms with E-state index in [1.165, 1.54) is 6.20 Å². The molecule has 0 saturated heterocycles. The Morgan fingerprint density at radius 2 is 2.30 bits per heavy atom. The molecule has 0 aromatic carbocycles. The highest BCUT2D eigenvalue weighted by molar-refractivity contribution is 5.91. The van der Waals surface area contributed by atoms with Crippen molar-refractivity contribution in [3.63, 3.8) is 0 Å². The minimum absolute atomic E-state index is 0.476. The number of amidine groups is 1. The monoisotopic (exact) mass is 138 g/mol. The van der Waals surface area contributed by atoms with Crippen molar-refractivity contribution in [1.29, 1.82) is 0 Å². The second-order valence-corrected chi connectivity index (χ2v) is 1.92. The van der Waals surface area contributed by atoms with E-state index in [9.17, 15) is 0 Å². The molecule has 0 aliphatic carbocycles. The fourth-order valence-corrected chi connectivity index (χ4v) is 0.589. The van der Waals surface area contributed by atoms with E-state index in [-0.39, 0.29) is 0 Å². The van der Waals surface area contributed by atoms with Crippen LogP contribution < -0.4 is 16.8 Å². The van der Waals surface area contributed by atoms with Gasteiger partial charge in [-0.1, -0.05) is 6.08 Å². The first kappa shape index (κ1) is 6.67. The maximum atomic E-state index is 5.42. The molecular weight excluding hydrogens is 128 g/mol. The van der Waals surface area contributed by atoms with E-state index < -0.39 is 0 Å². The third kappa shape index (κ3) is 1.81. The summed E-state index contributed by atoms with van der Waals surface area (Å²) < 4.78 is 0. The minimum Gasteiger partial charge on any atom is -0.384 e. The molecule has 0 aromatic rings. The van der Waals surface area contributed by atoms with Crippen LogP contribution in [-0.2, 0) is 0 Å². The van der Waals surface area contributed by atoms with Gasteiger partial charge in [-0.15, -0.1) is 0 Å². The molecule has 10 heavy (non-hydrogen) atoms. The second-order valence-electron chi connectivity index (χ2n) is 1.92. The zero-order valence-electron chi connectivity index (χ0n) is 5.54. The summed E-state index contributed by atoms with van der Waals surface area (Å²) in [5.74, 6) is 1.01. The van der Waals surface area contributed by atoms with E-state index in [1.54, 1.807) is 6.08 Å². The molecule has 0 bridgehead atoms.